The first-order valence-electron chi connectivity index (χ1n) is 15.2. The molecule has 48 heavy (non-hydrogen) atoms. The lowest BCUT2D eigenvalue weighted by Gasteiger charge is -2.33. The number of amides is 1. The number of pyridine rings is 1. The summed E-state index contributed by atoms with van der Waals surface area (Å²) in [6.07, 6.45) is 2.57. The van der Waals surface area contributed by atoms with Crippen LogP contribution in [0.25, 0.3) is 54.9 Å². The predicted molar refractivity (Wildman–Crippen MR) is 180 cm³/mol. The fraction of sp³-hybridized carbons (Fsp3) is 0.229. The molecule has 0 spiro atoms. The summed E-state index contributed by atoms with van der Waals surface area (Å²) in [7, 11) is 3.19. The van der Waals surface area contributed by atoms with Crippen molar-refractivity contribution in [2.45, 2.75) is 19.5 Å². The third-order valence-electron chi connectivity index (χ3n) is 8.64. The number of carbonyl (C=O) groups excluding carboxylic acids is 1. The minimum Gasteiger partial charge on any atom is -0.490 e. The fourth-order valence-corrected chi connectivity index (χ4v) is 7.17. The second-order valence-corrected chi connectivity index (χ2v) is 12.3. The summed E-state index contributed by atoms with van der Waals surface area (Å²) in [5, 5.41) is 7.52. The van der Waals surface area contributed by atoms with Crippen LogP contribution in [0.4, 0.5) is 8.78 Å². The van der Waals surface area contributed by atoms with Crippen LogP contribution in [0.15, 0.2) is 71.5 Å². The Balaban J connectivity index is 1.52. The number of hydrogen-bond donors (Lipinski definition) is 0. The largest absolute Gasteiger partial charge is 0.490 e. The number of nitrogens with zero attached hydrogens (tertiary/aromatic N) is 6. The van der Waals surface area contributed by atoms with Gasteiger partial charge in [0.25, 0.3) is 5.56 Å². The molecule has 13 heteroatoms. The van der Waals surface area contributed by atoms with Crippen LogP contribution in [0.5, 0.6) is 5.75 Å². The molecule has 10 nitrogen and oxygen atoms in total. The molecule has 0 saturated heterocycles. The molecule has 5 heterocycles. The van der Waals surface area contributed by atoms with Gasteiger partial charge >= 0.3 is 0 Å². The van der Waals surface area contributed by atoms with Crippen LogP contribution >= 0.6 is 11.3 Å². The number of aromatic nitrogens is 5. The maximum atomic E-state index is 16.1. The van der Waals surface area contributed by atoms with E-state index in [9.17, 15) is 14.0 Å². The summed E-state index contributed by atoms with van der Waals surface area (Å²) in [5.41, 5.74) is 4.29. The normalized spacial score (nSPS) is 14.4. The Morgan fingerprint density at radius 1 is 1.10 bits per heavy atom. The van der Waals surface area contributed by atoms with Crippen molar-refractivity contribution in [2.75, 3.05) is 26.9 Å². The van der Waals surface area contributed by atoms with E-state index in [0.717, 1.165) is 23.2 Å². The Morgan fingerprint density at radius 3 is 2.73 bits per heavy atom. The monoisotopic (exact) mass is 668 g/mol. The van der Waals surface area contributed by atoms with E-state index in [1.165, 1.54) is 35.3 Å². The maximum absolute atomic E-state index is 16.1. The highest BCUT2D eigenvalue weighted by Crippen LogP contribution is 2.47. The van der Waals surface area contributed by atoms with Gasteiger partial charge in [0.1, 0.15) is 35.4 Å². The van der Waals surface area contributed by atoms with E-state index in [-0.39, 0.29) is 42.0 Å². The van der Waals surface area contributed by atoms with Crippen molar-refractivity contribution in [3.8, 4) is 39.5 Å². The van der Waals surface area contributed by atoms with Gasteiger partial charge < -0.3 is 18.9 Å². The van der Waals surface area contributed by atoms with E-state index >= 15 is 4.39 Å². The number of halogens is 2. The zero-order chi connectivity index (χ0) is 33.7. The third kappa shape index (κ3) is 5.24. The average molecular weight is 669 g/mol. The van der Waals surface area contributed by atoms with Crippen LogP contribution in [0, 0.1) is 11.6 Å². The van der Waals surface area contributed by atoms with Crippen molar-refractivity contribution in [1.29, 1.82) is 0 Å². The van der Waals surface area contributed by atoms with Crippen molar-refractivity contribution >= 4 is 38.4 Å². The number of carbonyl (C=O) groups is 1. The summed E-state index contributed by atoms with van der Waals surface area (Å²) in [4.78, 5) is 36.2. The lowest BCUT2D eigenvalue weighted by Crippen LogP contribution is -2.40. The first-order chi connectivity index (χ1) is 23.2. The third-order valence-corrected chi connectivity index (χ3v) is 9.57. The van der Waals surface area contributed by atoms with Crippen molar-refractivity contribution in [3.63, 3.8) is 0 Å². The molecule has 0 aliphatic carbocycles. The van der Waals surface area contributed by atoms with Crippen LogP contribution in [-0.4, -0.2) is 62.0 Å². The Kier molecular flexibility index (Phi) is 8.09. The van der Waals surface area contributed by atoms with Gasteiger partial charge in [0.15, 0.2) is 0 Å². The van der Waals surface area contributed by atoms with Crippen LogP contribution in [0.2, 0.25) is 0 Å². The number of hydrogen-bond acceptors (Lipinski definition) is 8. The molecule has 0 radical (unpaired) electrons. The Bertz CT molecular complexity index is 2310. The molecule has 4 aromatic heterocycles. The molecule has 6 aromatic rings. The van der Waals surface area contributed by atoms with Gasteiger partial charge in [-0.25, -0.2) is 18.7 Å². The number of methoxy groups -OCH3 is 1. The molecule has 1 aliphatic rings. The van der Waals surface area contributed by atoms with Gasteiger partial charge in [-0.2, -0.15) is 5.10 Å². The van der Waals surface area contributed by atoms with Crippen LogP contribution in [0.3, 0.4) is 0 Å². The van der Waals surface area contributed by atoms with Gasteiger partial charge in [-0.1, -0.05) is 12.6 Å². The molecule has 244 valence electrons. The van der Waals surface area contributed by atoms with Crippen LogP contribution in [0.1, 0.15) is 18.7 Å². The Labute approximate surface area is 277 Å². The molecule has 1 amide bonds. The molecule has 7 rings (SSSR count). The molecule has 0 bridgehead atoms. The quantitative estimate of drug-likeness (QED) is 0.142. The Morgan fingerprint density at radius 2 is 1.94 bits per heavy atom. The summed E-state index contributed by atoms with van der Waals surface area (Å²) < 4.78 is 45.8. The van der Waals surface area contributed by atoms with Crippen molar-refractivity contribution in [2.24, 2.45) is 7.05 Å². The number of benzene rings is 2. The van der Waals surface area contributed by atoms with Crippen molar-refractivity contribution in [1.82, 2.24) is 29.2 Å². The molecule has 1 unspecified atom stereocenters. The molecule has 1 aliphatic heterocycles. The second kappa shape index (κ2) is 12.4. The van der Waals surface area contributed by atoms with Crippen LogP contribution in [-0.2, 0) is 23.1 Å². The zero-order valence-corrected chi connectivity index (χ0v) is 27.2. The highest BCUT2D eigenvalue weighted by molar-refractivity contribution is 7.18. The smallest absolute Gasteiger partial charge is 0.269 e. The highest BCUT2D eigenvalue weighted by Gasteiger charge is 2.31. The van der Waals surface area contributed by atoms with E-state index in [1.54, 1.807) is 11.9 Å². The summed E-state index contributed by atoms with van der Waals surface area (Å²) in [6, 6.07) is 11.0. The summed E-state index contributed by atoms with van der Waals surface area (Å²) in [5.74, 6) is -1.79. The van der Waals surface area contributed by atoms with E-state index in [1.807, 2.05) is 47.3 Å². The lowest BCUT2D eigenvalue weighted by atomic mass is 9.96. The number of rotatable bonds is 8. The zero-order valence-electron chi connectivity index (χ0n) is 26.4. The predicted octanol–water partition coefficient (Wildman–Crippen LogP) is 6.13. The molecular formula is C35H30F2N6O4S. The van der Waals surface area contributed by atoms with Crippen molar-refractivity contribution in [3.05, 3.63) is 94.4 Å². The number of aryl methyl sites for hydroxylation is 1. The fourth-order valence-electron chi connectivity index (χ4n) is 6.22. The minimum atomic E-state index is -0.820. The number of ether oxygens (including phenoxy) is 2. The molecule has 0 N–H and O–H groups in total. The molecule has 2 aromatic carbocycles. The number of thiophene rings is 1. The van der Waals surface area contributed by atoms with E-state index < -0.39 is 11.6 Å². The van der Waals surface area contributed by atoms with Gasteiger partial charge in [0.2, 0.25) is 5.91 Å². The van der Waals surface area contributed by atoms with Gasteiger partial charge in [-0.3, -0.25) is 14.3 Å². The SMILES string of the molecule is C=CC(=O)N1CCn2nc(-c3nc(-c4ccc5ncc(=O)n(C)c5c4)c4ccsc4c3-c3c(F)cc(F)cc3OCCOC)cc2C1C. The highest BCUT2D eigenvalue weighted by atomic mass is 32.1. The summed E-state index contributed by atoms with van der Waals surface area (Å²) in [6.45, 7) is 6.69. The van der Waals surface area contributed by atoms with Gasteiger partial charge in [-0.15, -0.1) is 11.3 Å². The molecule has 1 atom stereocenters. The molecule has 0 saturated carbocycles. The standard InChI is InChI=1S/C35H30F2N6O4S/c1-5-29(44)42-9-10-43-26(19(42)2)17-25(40-43)34-32(31-23(37)15-21(36)16-28(31)47-12-11-46-4)35-22(8-13-48-35)33(39-34)20-6-7-24-27(14-20)41(3)30(45)18-38-24/h5-8,13-19H,1,9-12H2,2-4H3. The first-order valence-corrected chi connectivity index (χ1v) is 16.1. The van der Waals surface area contributed by atoms with Gasteiger partial charge in [0.05, 0.1) is 53.4 Å². The first kappa shape index (κ1) is 31.3. The average Bonchev–Trinajstić information content (AvgIpc) is 3.74. The second-order valence-electron chi connectivity index (χ2n) is 11.4. The van der Waals surface area contributed by atoms with E-state index in [4.69, 9.17) is 19.6 Å². The lowest BCUT2D eigenvalue weighted by molar-refractivity contribution is -0.129. The van der Waals surface area contributed by atoms with E-state index in [2.05, 4.69) is 11.6 Å². The molecular weight excluding hydrogens is 638 g/mol. The van der Waals surface area contributed by atoms with E-state index in [0.29, 0.717) is 57.0 Å². The van der Waals surface area contributed by atoms with Gasteiger partial charge in [-0.05, 0) is 42.6 Å². The minimum absolute atomic E-state index is 0.00178. The summed E-state index contributed by atoms with van der Waals surface area (Å²) >= 11 is 1.38. The number of fused-ring (bicyclic) bond motifs is 3. The Hall–Kier alpha value is -5.27. The maximum Gasteiger partial charge on any atom is 0.269 e. The topological polar surface area (TPSA) is 104 Å². The van der Waals surface area contributed by atoms with Crippen LogP contribution < -0.4 is 10.3 Å². The molecule has 0 fully saturated rings. The van der Waals surface area contributed by atoms with Gasteiger partial charge in [0, 0.05) is 54.0 Å². The van der Waals surface area contributed by atoms with Crippen molar-refractivity contribution < 1.29 is 23.0 Å².